The van der Waals surface area contributed by atoms with Crippen LogP contribution in [0.15, 0.2) is 34.4 Å². The van der Waals surface area contributed by atoms with Crippen LogP contribution >= 0.6 is 15.9 Å². The Balaban J connectivity index is 1.77. The van der Waals surface area contributed by atoms with Gasteiger partial charge in [-0.1, -0.05) is 52.6 Å². The molecule has 1 fully saturated rings. The SMILES string of the molecule is CC(F)(CO)C1CCC(CCC2=C/CC/C=C(Br)/C=C\2)CC1. The van der Waals surface area contributed by atoms with Gasteiger partial charge in [0.2, 0.25) is 0 Å². The molecule has 22 heavy (non-hydrogen) atoms. The normalized spacial score (nSPS) is 35.3. The maximum Gasteiger partial charge on any atom is 0.133 e. The molecule has 0 amide bonds. The maximum atomic E-state index is 14.2. The van der Waals surface area contributed by atoms with Crippen molar-refractivity contribution in [1.82, 2.24) is 0 Å². The van der Waals surface area contributed by atoms with Gasteiger partial charge in [0.15, 0.2) is 0 Å². The zero-order valence-electron chi connectivity index (χ0n) is 13.5. The molecule has 1 unspecified atom stereocenters. The molecule has 0 saturated heterocycles. The minimum Gasteiger partial charge on any atom is -0.393 e. The summed E-state index contributed by atoms with van der Waals surface area (Å²) in [5.74, 6) is 0.750. The van der Waals surface area contributed by atoms with Gasteiger partial charge < -0.3 is 5.11 Å². The van der Waals surface area contributed by atoms with Crippen molar-refractivity contribution in [3.63, 3.8) is 0 Å². The lowest BCUT2D eigenvalue weighted by Crippen LogP contribution is -2.36. The van der Waals surface area contributed by atoms with Gasteiger partial charge in [-0.15, -0.1) is 0 Å². The lowest BCUT2D eigenvalue weighted by molar-refractivity contribution is 0.00848. The van der Waals surface area contributed by atoms with E-state index in [1.807, 2.05) is 0 Å². The number of allylic oxidation sites excluding steroid dienone is 6. The van der Waals surface area contributed by atoms with Gasteiger partial charge in [-0.2, -0.15) is 0 Å². The third kappa shape index (κ3) is 5.34. The second-order valence-corrected chi connectivity index (χ2v) is 7.89. The fourth-order valence-corrected chi connectivity index (χ4v) is 3.91. The molecule has 0 aromatic rings. The van der Waals surface area contributed by atoms with Crippen molar-refractivity contribution in [3.8, 4) is 0 Å². The highest BCUT2D eigenvalue weighted by Gasteiger charge is 2.36. The van der Waals surface area contributed by atoms with E-state index in [9.17, 15) is 4.39 Å². The summed E-state index contributed by atoms with van der Waals surface area (Å²) in [4.78, 5) is 0. The van der Waals surface area contributed by atoms with Crippen molar-refractivity contribution in [2.75, 3.05) is 6.61 Å². The van der Waals surface area contributed by atoms with Crippen molar-refractivity contribution < 1.29 is 9.50 Å². The van der Waals surface area contributed by atoms with E-state index in [4.69, 9.17) is 5.11 Å². The highest BCUT2D eigenvalue weighted by atomic mass is 79.9. The van der Waals surface area contributed by atoms with Crippen LogP contribution in [0.3, 0.4) is 0 Å². The summed E-state index contributed by atoms with van der Waals surface area (Å²) in [5, 5.41) is 9.16. The maximum absolute atomic E-state index is 14.2. The fourth-order valence-electron chi connectivity index (χ4n) is 3.55. The first-order chi connectivity index (χ1) is 10.5. The highest BCUT2D eigenvalue weighted by molar-refractivity contribution is 9.11. The topological polar surface area (TPSA) is 20.2 Å². The van der Waals surface area contributed by atoms with Crippen LogP contribution in [-0.2, 0) is 0 Å². The first-order valence-corrected chi connectivity index (χ1v) is 9.33. The predicted octanol–water partition coefficient (Wildman–Crippen LogP) is 5.85. The Bertz CT molecular complexity index is 442. The molecule has 0 aromatic heterocycles. The number of aliphatic hydroxyl groups excluding tert-OH is 1. The molecule has 0 aromatic carbocycles. The number of aliphatic hydroxyl groups is 1. The largest absolute Gasteiger partial charge is 0.393 e. The molecular weight excluding hydrogens is 343 g/mol. The molecule has 0 spiro atoms. The van der Waals surface area contributed by atoms with Crippen LogP contribution in [0.1, 0.15) is 58.3 Å². The summed E-state index contributed by atoms with van der Waals surface area (Å²) in [7, 11) is 0. The second kappa shape index (κ2) is 8.44. The molecular formula is C19H28BrFO. The molecule has 2 aliphatic carbocycles. The first kappa shape index (κ1) is 17.9. The molecule has 1 saturated carbocycles. The van der Waals surface area contributed by atoms with Crippen LogP contribution in [0.5, 0.6) is 0 Å². The van der Waals surface area contributed by atoms with Crippen LogP contribution in [0.2, 0.25) is 0 Å². The summed E-state index contributed by atoms with van der Waals surface area (Å²) in [5.41, 5.74) is 0.0341. The van der Waals surface area contributed by atoms with E-state index in [0.717, 1.165) is 44.9 Å². The number of halogens is 2. The van der Waals surface area contributed by atoms with Crippen LogP contribution in [0.25, 0.3) is 0 Å². The molecule has 0 aliphatic heterocycles. The lowest BCUT2D eigenvalue weighted by Gasteiger charge is -2.35. The van der Waals surface area contributed by atoms with E-state index in [0.29, 0.717) is 5.92 Å². The summed E-state index contributed by atoms with van der Waals surface area (Å²) in [6.07, 6.45) is 17.5. The molecule has 0 heterocycles. The summed E-state index contributed by atoms with van der Waals surface area (Å²) >= 11 is 3.55. The van der Waals surface area contributed by atoms with E-state index in [2.05, 4.69) is 40.2 Å². The zero-order valence-corrected chi connectivity index (χ0v) is 15.1. The summed E-state index contributed by atoms with van der Waals surface area (Å²) in [6, 6.07) is 0. The Morgan fingerprint density at radius 3 is 2.55 bits per heavy atom. The molecule has 0 bridgehead atoms. The zero-order chi connectivity index (χ0) is 16.0. The first-order valence-electron chi connectivity index (χ1n) is 8.54. The Morgan fingerprint density at radius 2 is 1.86 bits per heavy atom. The van der Waals surface area contributed by atoms with Crippen LogP contribution < -0.4 is 0 Å². The Hall–Kier alpha value is -0.410. The molecule has 2 rings (SSSR count). The molecule has 2 aliphatic rings. The second-order valence-electron chi connectivity index (χ2n) is 6.97. The van der Waals surface area contributed by atoms with Crippen molar-refractivity contribution in [2.24, 2.45) is 11.8 Å². The van der Waals surface area contributed by atoms with E-state index >= 15 is 0 Å². The third-order valence-corrected chi connectivity index (χ3v) is 5.81. The van der Waals surface area contributed by atoms with E-state index in [1.165, 1.54) is 16.5 Å². The monoisotopic (exact) mass is 370 g/mol. The van der Waals surface area contributed by atoms with Crippen molar-refractivity contribution in [2.45, 2.75) is 64.0 Å². The van der Waals surface area contributed by atoms with Crippen LogP contribution in [0, 0.1) is 11.8 Å². The highest BCUT2D eigenvalue weighted by Crippen LogP contribution is 2.39. The van der Waals surface area contributed by atoms with E-state index in [1.54, 1.807) is 6.92 Å². The van der Waals surface area contributed by atoms with Gasteiger partial charge in [0.25, 0.3) is 0 Å². The van der Waals surface area contributed by atoms with Gasteiger partial charge in [0, 0.05) is 4.48 Å². The van der Waals surface area contributed by atoms with Gasteiger partial charge in [-0.3, -0.25) is 0 Å². The number of hydrogen-bond donors (Lipinski definition) is 1. The quantitative estimate of drug-likeness (QED) is 0.643. The number of hydrogen-bond acceptors (Lipinski definition) is 1. The van der Waals surface area contributed by atoms with Gasteiger partial charge in [-0.25, -0.2) is 4.39 Å². The van der Waals surface area contributed by atoms with Crippen LogP contribution in [0.4, 0.5) is 4.39 Å². The minimum absolute atomic E-state index is 0.0374. The third-order valence-electron chi connectivity index (χ3n) is 5.22. The van der Waals surface area contributed by atoms with Gasteiger partial charge in [0.05, 0.1) is 6.61 Å². The lowest BCUT2D eigenvalue weighted by atomic mass is 9.74. The van der Waals surface area contributed by atoms with E-state index < -0.39 is 5.67 Å². The van der Waals surface area contributed by atoms with E-state index in [-0.39, 0.29) is 12.5 Å². The Kier molecular flexibility index (Phi) is 6.88. The molecule has 3 heteroatoms. The summed E-state index contributed by atoms with van der Waals surface area (Å²) < 4.78 is 15.3. The van der Waals surface area contributed by atoms with Gasteiger partial charge in [0.1, 0.15) is 5.67 Å². The Labute approximate surface area is 142 Å². The molecule has 1 atom stereocenters. The Morgan fingerprint density at radius 1 is 1.18 bits per heavy atom. The average Bonchev–Trinajstić information content (AvgIpc) is 2.51. The average molecular weight is 371 g/mol. The molecule has 1 N–H and O–H groups in total. The molecule has 124 valence electrons. The van der Waals surface area contributed by atoms with Gasteiger partial charge >= 0.3 is 0 Å². The smallest absolute Gasteiger partial charge is 0.133 e. The molecule has 0 radical (unpaired) electrons. The van der Waals surface area contributed by atoms with Crippen LogP contribution in [-0.4, -0.2) is 17.4 Å². The van der Waals surface area contributed by atoms with Crippen molar-refractivity contribution >= 4 is 15.9 Å². The van der Waals surface area contributed by atoms with Crippen molar-refractivity contribution in [1.29, 1.82) is 0 Å². The predicted molar refractivity (Wildman–Crippen MR) is 94.7 cm³/mol. The standard InChI is InChI=1S/C19H28BrFO/c1-19(21,14-22)17-11-8-16(9-12-17)7-6-15-4-2-3-5-18(20)13-10-15/h4-5,10,13,16-17,22H,2-3,6-9,11-12,14H2,1H3/b13-10-,15-4-,18-5-. The number of rotatable bonds is 5. The molecule has 1 nitrogen and oxygen atoms in total. The van der Waals surface area contributed by atoms with Gasteiger partial charge in [-0.05, 0) is 63.4 Å². The van der Waals surface area contributed by atoms with Crippen molar-refractivity contribution in [3.05, 3.63) is 34.4 Å². The minimum atomic E-state index is -1.39. The number of alkyl halides is 1. The summed E-state index contributed by atoms with van der Waals surface area (Å²) in [6.45, 7) is 1.20. The fraction of sp³-hybridized carbons (Fsp3) is 0.684.